The third-order valence-electron chi connectivity index (χ3n) is 1.20. The average molecular weight is 204 g/mol. The molecular formula is C6H8N2O2S2. The molecule has 0 saturated carbocycles. The van der Waals surface area contributed by atoms with Crippen molar-refractivity contribution in [3.8, 4) is 0 Å². The molecule has 0 spiro atoms. The Morgan fingerprint density at radius 1 is 1.75 bits per heavy atom. The van der Waals surface area contributed by atoms with Crippen LogP contribution < -0.4 is 0 Å². The molecule has 1 heterocycles. The first-order valence-corrected chi connectivity index (χ1v) is 4.80. The maximum absolute atomic E-state index is 10.7. The summed E-state index contributed by atoms with van der Waals surface area (Å²) in [6.07, 6.45) is 1.42. The van der Waals surface area contributed by atoms with Crippen molar-refractivity contribution in [2.45, 2.75) is 22.9 Å². The molecule has 0 unspecified atom stereocenters. The van der Waals surface area contributed by atoms with Crippen molar-refractivity contribution in [3.63, 3.8) is 0 Å². The summed E-state index contributed by atoms with van der Waals surface area (Å²) in [5.74, 6) is -0.845. The molecule has 1 aromatic rings. The van der Waals surface area contributed by atoms with Crippen molar-refractivity contribution in [2.75, 3.05) is 0 Å². The van der Waals surface area contributed by atoms with Crippen molar-refractivity contribution < 1.29 is 9.90 Å². The Labute approximate surface area is 78.2 Å². The van der Waals surface area contributed by atoms with E-state index in [4.69, 9.17) is 5.11 Å². The molecular weight excluding hydrogens is 196 g/mol. The van der Waals surface area contributed by atoms with Gasteiger partial charge in [0.1, 0.15) is 11.1 Å². The molecule has 0 aliphatic heterocycles. The maximum Gasteiger partial charge on any atom is 0.319 e. The summed E-state index contributed by atoms with van der Waals surface area (Å²) in [4.78, 5) is 14.6. The van der Waals surface area contributed by atoms with Crippen LogP contribution in [0.25, 0.3) is 0 Å². The second-order valence-corrected chi connectivity index (χ2v) is 5.27. The van der Waals surface area contributed by atoms with Gasteiger partial charge >= 0.3 is 5.97 Å². The Hall–Kier alpha value is -0.620. The van der Waals surface area contributed by atoms with E-state index < -0.39 is 10.7 Å². The average Bonchev–Trinajstić information content (AvgIpc) is 2.38. The zero-order chi connectivity index (χ0) is 9.19. The molecule has 0 atom stereocenters. The van der Waals surface area contributed by atoms with Gasteiger partial charge in [-0.05, 0) is 25.4 Å². The first-order chi connectivity index (χ1) is 5.52. The molecule has 6 heteroatoms. The standard InChI is InChI=1S/C6H8N2O2S2/c1-6(2,4(9)10)11-5-7-3-8-12-5/h3H,1-2H3,(H,9,10). The van der Waals surface area contributed by atoms with Gasteiger partial charge in [-0.15, -0.1) is 0 Å². The largest absolute Gasteiger partial charge is 0.480 e. The van der Waals surface area contributed by atoms with Gasteiger partial charge in [0.15, 0.2) is 4.34 Å². The van der Waals surface area contributed by atoms with E-state index in [-0.39, 0.29) is 0 Å². The number of hydrogen-bond acceptors (Lipinski definition) is 5. The first-order valence-electron chi connectivity index (χ1n) is 3.21. The molecule has 1 aromatic heterocycles. The molecule has 12 heavy (non-hydrogen) atoms. The Morgan fingerprint density at radius 3 is 2.83 bits per heavy atom. The number of aliphatic carboxylic acids is 1. The van der Waals surface area contributed by atoms with E-state index in [1.807, 2.05) is 0 Å². The Morgan fingerprint density at radius 2 is 2.42 bits per heavy atom. The van der Waals surface area contributed by atoms with Crippen LogP contribution in [0.15, 0.2) is 10.7 Å². The van der Waals surface area contributed by atoms with E-state index in [0.717, 1.165) is 0 Å². The number of nitrogens with zero attached hydrogens (tertiary/aromatic N) is 2. The Balaban J connectivity index is 2.69. The van der Waals surface area contributed by atoms with Crippen LogP contribution in [0.3, 0.4) is 0 Å². The molecule has 4 nitrogen and oxygen atoms in total. The van der Waals surface area contributed by atoms with E-state index >= 15 is 0 Å². The van der Waals surface area contributed by atoms with Gasteiger partial charge < -0.3 is 5.11 Å². The fraction of sp³-hybridized carbons (Fsp3) is 0.500. The van der Waals surface area contributed by atoms with Gasteiger partial charge in [0.2, 0.25) is 0 Å². The number of carboxylic acids is 1. The molecule has 0 aliphatic carbocycles. The van der Waals surface area contributed by atoms with Crippen LogP contribution in [0, 0.1) is 0 Å². The SMILES string of the molecule is CC(C)(Sc1ncns1)C(=O)O. The van der Waals surface area contributed by atoms with Gasteiger partial charge in [0, 0.05) is 0 Å². The molecule has 1 rings (SSSR count). The number of carbonyl (C=O) groups is 1. The van der Waals surface area contributed by atoms with Crippen molar-refractivity contribution in [2.24, 2.45) is 0 Å². The lowest BCUT2D eigenvalue weighted by molar-refractivity contribution is -0.138. The molecule has 0 saturated heterocycles. The summed E-state index contributed by atoms with van der Waals surface area (Å²) in [5.41, 5.74) is 0. The molecule has 0 radical (unpaired) electrons. The van der Waals surface area contributed by atoms with Crippen LogP contribution in [0.2, 0.25) is 0 Å². The summed E-state index contributed by atoms with van der Waals surface area (Å²) < 4.78 is 3.63. The molecule has 66 valence electrons. The van der Waals surface area contributed by atoms with Gasteiger partial charge in [-0.25, -0.2) is 4.98 Å². The summed E-state index contributed by atoms with van der Waals surface area (Å²) in [6, 6.07) is 0. The normalized spacial score (nSPS) is 11.5. The predicted octanol–water partition coefficient (Wildman–Crippen LogP) is 1.49. The number of rotatable bonds is 3. The van der Waals surface area contributed by atoms with Gasteiger partial charge in [0.05, 0.1) is 0 Å². The molecule has 0 fully saturated rings. The van der Waals surface area contributed by atoms with Crippen LogP contribution in [-0.2, 0) is 4.79 Å². The van der Waals surface area contributed by atoms with Crippen molar-refractivity contribution in [3.05, 3.63) is 6.33 Å². The minimum atomic E-state index is -0.845. The molecule has 0 bridgehead atoms. The van der Waals surface area contributed by atoms with Gasteiger partial charge in [-0.1, -0.05) is 11.8 Å². The van der Waals surface area contributed by atoms with E-state index in [2.05, 4.69) is 9.36 Å². The van der Waals surface area contributed by atoms with Crippen molar-refractivity contribution in [1.29, 1.82) is 0 Å². The van der Waals surface area contributed by atoms with E-state index in [0.29, 0.717) is 4.34 Å². The van der Waals surface area contributed by atoms with E-state index in [9.17, 15) is 4.79 Å². The van der Waals surface area contributed by atoms with Gasteiger partial charge in [-0.2, -0.15) is 4.37 Å². The zero-order valence-electron chi connectivity index (χ0n) is 6.64. The minimum absolute atomic E-state index is 0.683. The second kappa shape index (κ2) is 3.40. The zero-order valence-corrected chi connectivity index (χ0v) is 8.28. The fourth-order valence-electron chi connectivity index (χ4n) is 0.470. The number of carboxylic acid groups (broad SMARTS) is 1. The molecule has 0 aliphatic rings. The number of aromatic nitrogens is 2. The lowest BCUT2D eigenvalue weighted by atomic mass is 10.2. The monoisotopic (exact) mass is 204 g/mol. The third kappa shape index (κ3) is 2.18. The summed E-state index contributed by atoms with van der Waals surface area (Å²) in [6.45, 7) is 3.28. The summed E-state index contributed by atoms with van der Waals surface area (Å²) >= 11 is 2.41. The Kier molecular flexibility index (Phi) is 2.69. The maximum atomic E-state index is 10.7. The highest BCUT2D eigenvalue weighted by Gasteiger charge is 2.29. The van der Waals surface area contributed by atoms with E-state index in [1.54, 1.807) is 13.8 Å². The van der Waals surface area contributed by atoms with Crippen molar-refractivity contribution in [1.82, 2.24) is 9.36 Å². The van der Waals surface area contributed by atoms with Crippen LogP contribution in [0.4, 0.5) is 0 Å². The second-order valence-electron chi connectivity index (χ2n) is 2.62. The summed E-state index contributed by atoms with van der Waals surface area (Å²) in [5, 5.41) is 8.78. The highest BCUT2D eigenvalue weighted by atomic mass is 32.2. The fourth-order valence-corrected chi connectivity index (χ4v) is 2.28. The highest BCUT2D eigenvalue weighted by molar-refractivity contribution is 8.02. The molecule has 0 aromatic carbocycles. The number of hydrogen-bond donors (Lipinski definition) is 1. The van der Waals surface area contributed by atoms with Gasteiger partial charge in [-0.3, -0.25) is 4.79 Å². The lowest BCUT2D eigenvalue weighted by Gasteiger charge is -2.15. The summed E-state index contributed by atoms with van der Waals surface area (Å²) in [7, 11) is 0. The third-order valence-corrected chi connectivity index (χ3v) is 3.10. The molecule has 1 N–H and O–H groups in total. The van der Waals surface area contributed by atoms with E-state index in [1.165, 1.54) is 29.6 Å². The minimum Gasteiger partial charge on any atom is -0.480 e. The first kappa shape index (κ1) is 9.47. The number of thioether (sulfide) groups is 1. The topological polar surface area (TPSA) is 63.1 Å². The molecule has 0 amide bonds. The van der Waals surface area contributed by atoms with Gasteiger partial charge in [0.25, 0.3) is 0 Å². The van der Waals surface area contributed by atoms with Crippen molar-refractivity contribution >= 4 is 29.3 Å². The quantitative estimate of drug-likeness (QED) is 0.756. The van der Waals surface area contributed by atoms with Crippen LogP contribution >= 0.6 is 23.3 Å². The van der Waals surface area contributed by atoms with Crippen LogP contribution in [-0.4, -0.2) is 25.2 Å². The lowest BCUT2D eigenvalue weighted by Crippen LogP contribution is -2.26. The smallest absolute Gasteiger partial charge is 0.319 e. The Bertz CT molecular complexity index is 271. The van der Waals surface area contributed by atoms with Crippen LogP contribution in [0.1, 0.15) is 13.8 Å². The highest BCUT2D eigenvalue weighted by Crippen LogP contribution is 2.32. The predicted molar refractivity (Wildman–Crippen MR) is 47.5 cm³/mol. The van der Waals surface area contributed by atoms with Crippen LogP contribution in [0.5, 0.6) is 0 Å².